The third-order valence-corrected chi connectivity index (χ3v) is 3.05. The van der Waals surface area contributed by atoms with Gasteiger partial charge in [0, 0.05) is 6.54 Å². The summed E-state index contributed by atoms with van der Waals surface area (Å²) in [4.78, 5) is 0. The molecule has 106 valence electrons. The normalized spacial score (nSPS) is 10.7. The summed E-state index contributed by atoms with van der Waals surface area (Å²) in [6.07, 6.45) is 4.10. The highest BCUT2D eigenvalue weighted by Crippen LogP contribution is 2.22. The van der Waals surface area contributed by atoms with E-state index in [-0.39, 0.29) is 0 Å². The predicted octanol–water partition coefficient (Wildman–Crippen LogP) is 4.05. The Hall–Kier alpha value is -1.28. The fourth-order valence-electron chi connectivity index (χ4n) is 1.94. The fourth-order valence-corrected chi connectivity index (χ4v) is 1.94. The van der Waals surface area contributed by atoms with Crippen LogP contribution in [-0.4, -0.2) is 19.7 Å². The highest BCUT2D eigenvalue weighted by molar-refractivity contribution is 5.35. The molecule has 1 aromatic rings. The Balaban J connectivity index is 2.31. The van der Waals surface area contributed by atoms with Crippen molar-refractivity contribution in [2.75, 3.05) is 19.7 Å². The number of ether oxygens (including phenoxy) is 1. The van der Waals surface area contributed by atoms with E-state index in [9.17, 15) is 0 Å². The molecule has 0 bridgehead atoms. The van der Waals surface area contributed by atoms with Crippen molar-refractivity contribution in [1.29, 1.82) is 0 Å². The Morgan fingerprint density at radius 3 is 2.74 bits per heavy atom. The van der Waals surface area contributed by atoms with E-state index in [1.54, 1.807) is 0 Å². The van der Waals surface area contributed by atoms with Gasteiger partial charge in [-0.3, -0.25) is 0 Å². The van der Waals surface area contributed by atoms with Crippen molar-refractivity contribution in [3.8, 4) is 5.75 Å². The molecule has 0 atom stereocenters. The Morgan fingerprint density at radius 2 is 2.05 bits per heavy atom. The summed E-state index contributed by atoms with van der Waals surface area (Å²) in [6, 6.07) is 6.51. The van der Waals surface area contributed by atoms with Crippen LogP contribution in [0.3, 0.4) is 0 Å². The van der Waals surface area contributed by atoms with Gasteiger partial charge < -0.3 is 10.1 Å². The van der Waals surface area contributed by atoms with Gasteiger partial charge in [0.1, 0.15) is 5.75 Å². The van der Waals surface area contributed by atoms with Crippen LogP contribution in [0.2, 0.25) is 0 Å². The first kappa shape index (κ1) is 15.8. The van der Waals surface area contributed by atoms with Gasteiger partial charge in [-0.15, -0.1) is 6.58 Å². The average molecular weight is 261 g/mol. The van der Waals surface area contributed by atoms with E-state index in [4.69, 9.17) is 4.74 Å². The van der Waals surface area contributed by atoms with Crippen LogP contribution >= 0.6 is 0 Å². The lowest BCUT2D eigenvalue weighted by Crippen LogP contribution is -2.15. The number of unbranched alkanes of at least 4 members (excludes halogenated alkanes) is 1. The zero-order valence-electron chi connectivity index (χ0n) is 12.5. The van der Waals surface area contributed by atoms with Gasteiger partial charge in [-0.05, 0) is 55.5 Å². The largest absolute Gasteiger partial charge is 0.494 e. The standard InChI is InChI=1S/C17H27NO/c1-5-8-18-9-6-7-10-19-17-12-15(4)11-16(13-17)14(2)3/h5,11-14,18H,1,6-10H2,2-4H3. The monoisotopic (exact) mass is 261 g/mol. The van der Waals surface area contributed by atoms with Crippen molar-refractivity contribution in [3.63, 3.8) is 0 Å². The summed E-state index contributed by atoms with van der Waals surface area (Å²) in [7, 11) is 0. The molecule has 2 nitrogen and oxygen atoms in total. The molecule has 0 aliphatic heterocycles. The summed E-state index contributed by atoms with van der Waals surface area (Å²) in [5.74, 6) is 1.55. The van der Waals surface area contributed by atoms with E-state index in [2.05, 4.69) is 50.9 Å². The predicted molar refractivity (Wildman–Crippen MR) is 83.1 cm³/mol. The lowest BCUT2D eigenvalue weighted by Gasteiger charge is -2.12. The molecule has 0 saturated heterocycles. The van der Waals surface area contributed by atoms with E-state index in [1.165, 1.54) is 11.1 Å². The highest BCUT2D eigenvalue weighted by Gasteiger charge is 2.03. The maximum atomic E-state index is 5.84. The van der Waals surface area contributed by atoms with Gasteiger partial charge in [0.15, 0.2) is 0 Å². The van der Waals surface area contributed by atoms with Gasteiger partial charge in [0.2, 0.25) is 0 Å². The molecule has 0 fully saturated rings. The molecule has 0 aromatic heterocycles. The molecule has 19 heavy (non-hydrogen) atoms. The molecule has 1 N–H and O–H groups in total. The molecule has 0 aliphatic rings. The van der Waals surface area contributed by atoms with Gasteiger partial charge in [-0.25, -0.2) is 0 Å². The van der Waals surface area contributed by atoms with Crippen molar-refractivity contribution in [3.05, 3.63) is 42.0 Å². The smallest absolute Gasteiger partial charge is 0.119 e. The van der Waals surface area contributed by atoms with Gasteiger partial charge >= 0.3 is 0 Å². The number of rotatable bonds is 9. The number of aryl methyl sites for hydroxylation is 1. The van der Waals surface area contributed by atoms with Crippen LogP contribution in [0.1, 0.15) is 43.7 Å². The Kier molecular flexibility index (Phi) is 7.27. The van der Waals surface area contributed by atoms with E-state index < -0.39 is 0 Å². The van der Waals surface area contributed by atoms with Crippen molar-refractivity contribution in [1.82, 2.24) is 5.32 Å². The maximum Gasteiger partial charge on any atom is 0.119 e. The molecule has 0 saturated carbocycles. The van der Waals surface area contributed by atoms with Crippen molar-refractivity contribution in [2.24, 2.45) is 0 Å². The lowest BCUT2D eigenvalue weighted by atomic mass is 10.0. The maximum absolute atomic E-state index is 5.84. The fraction of sp³-hybridized carbons (Fsp3) is 0.529. The molecule has 0 amide bonds. The third-order valence-electron chi connectivity index (χ3n) is 3.05. The summed E-state index contributed by atoms with van der Waals surface area (Å²) >= 11 is 0. The molecule has 1 aromatic carbocycles. The Morgan fingerprint density at radius 1 is 1.26 bits per heavy atom. The summed E-state index contributed by atoms with van der Waals surface area (Å²) in [5.41, 5.74) is 2.62. The van der Waals surface area contributed by atoms with Crippen LogP contribution in [0.4, 0.5) is 0 Å². The van der Waals surface area contributed by atoms with E-state index in [1.807, 2.05) is 6.08 Å². The van der Waals surface area contributed by atoms with Crippen molar-refractivity contribution < 1.29 is 4.74 Å². The highest BCUT2D eigenvalue weighted by atomic mass is 16.5. The first-order valence-electron chi connectivity index (χ1n) is 7.19. The van der Waals surface area contributed by atoms with Crippen LogP contribution < -0.4 is 10.1 Å². The summed E-state index contributed by atoms with van der Waals surface area (Å²) < 4.78 is 5.84. The number of benzene rings is 1. The third kappa shape index (κ3) is 6.44. The first-order chi connectivity index (χ1) is 9.13. The minimum absolute atomic E-state index is 0.547. The topological polar surface area (TPSA) is 21.3 Å². The molecule has 2 heteroatoms. The second-order valence-corrected chi connectivity index (χ2v) is 5.28. The Bertz CT molecular complexity index is 385. The van der Waals surface area contributed by atoms with Crippen molar-refractivity contribution >= 4 is 0 Å². The molecule has 1 rings (SSSR count). The van der Waals surface area contributed by atoms with Gasteiger partial charge in [-0.1, -0.05) is 26.0 Å². The van der Waals surface area contributed by atoms with Gasteiger partial charge in [0.25, 0.3) is 0 Å². The van der Waals surface area contributed by atoms with E-state index >= 15 is 0 Å². The molecule has 0 unspecified atom stereocenters. The van der Waals surface area contributed by atoms with E-state index in [0.29, 0.717) is 5.92 Å². The van der Waals surface area contributed by atoms with Gasteiger partial charge in [-0.2, -0.15) is 0 Å². The van der Waals surface area contributed by atoms with E-state index in [0.717, 1.165) is 38.3 Å². The molecule has 0 heterocycles. The van der Waals surface area contributed by atoms with Crippen LogP contribution in [0, 0.1) is 6.92 Å². The van der Waals surface area contributed by atoms with Crippen LogP contribution in [0.25, 0.3) is 0 Å². The van der Waals surface area contributed by atoms with Crippen molar-refractivity contribution in [2.45, 2.75) is 39.5 Å². The van der Waals surface area contributed by atoms with Crippen LogP contribution in [0.5, 0.6) is 5.75 Å². The average Bonchev–Trinajstić information content (AvgIpc) is 2.37. The molecule has 0 aliphatic carbocycles. The molecule has 0 spiro atoms. The Labute approximate surface area is 117 Å². The number of hydrogen-bond donors (Lipinski definition) is 1. The lowest BCUT2D eigenvalue weighted by molar-refractivity contribution is 0.305. The summed E-state index contributed by atoms with van der Waals surface area (Å²) in [6.45, 7) is 12.9. The summed E-state index contributed by atoms with van der Waals surface area (Å²) in [5, 5.41) is 3.29. The quantitative estimate of drug-likeness (QED) is 0.535. The van der Waals surface area contributed by atoms with Crippen LogP contribution in [-0.2, 0) is 0 Å². The van der Waals surface area contributed by atoms with Gasteiger partial charge in [0.05, 0.1) is 6.61 Å². The minimum atomic E-state index is 0.547. The number of nitrogens with one attached hydrogen (secondary N) is 1. The zero-order valence-corrected chi connectivity index (χ0v) is 12.5. The molecular weight excluding hydrogens is 234 g/mol. The van der Waals surface area contributed by atoms with Crippen LogP contribution in [0.15, 0.2) is 30.9 Å². The SMILES string of the molecule is C=CCNCCCCOc1cc(C)cc(C(C)C)c1. The second kappa shape index (κ2) is 8.76. The number of hydrogen-bond acceptors (Lipinski definition) is 2. The molecule has 0 radical (unpaired) electrons. The second-order valence-electron chi connectivity index (χ2n) is 5.28. The molecular formula is C17H27NO. The zero-order chi connectivity index (χ0) is 14.1. The first-order valence-corrected chi connectivity index (χ1v) is 7.19. The minimum Gasteiger partial charge on any atom is -0.494 e.